The highest BCUT2D eigenvalue weighted by Gasteiger charge is 2.37. The van der Waals surface area contributed by atoms with Gasteiger partial charge in [0, 0.05) is 16.7 Å². The van der Waals surface area contributed by atoms with Crippen molar-refractivity contribution < 1.29 is 28.3 Å². The first-order valence-corrected chi connectivity index (χ1v) is 9.54. The molecule has 5 rings (SSSR count). The van der Waals surface area contributed by atoms with Crippen molar-refractivity contribution >= 4 is 41.2 Å². The summed E-state index contributed by atoms with van der Waals surface area (Å²) in [6.45, 7) is 0.0516. The van der Waals surface area contributed by atoms with Gasteiger partial charge in [-0.1, -0.05) is 23.7 Å². The number of fused-ring (bicyclic) bond motifs is 1. The summed E-state index contributed by atoms with van der Waals surface area (Å²) in [4.78, 5) is 38.6. The molecule has 0 bridgehead atoms. The van der Waals surface area contributed by atoms with Crippen molar-refractivity contribution in [1.82, 2.24) is 5.32 Å². The number of barbiturate groups is 1. The number of nitrogens with one attached hydrogen (secondary N) is 1. The van der Waals surface area contributed by atoms with E-state index in [1.807, 2.05) is 6.07 Å². The van der Waals surface area contributed by atoms with Crippen molar-refractivity contribution in [3.05, 3.63) is 71.0 Å². The van der Waals surface area contributed by atoms with Gasteiger partial charge in [-0.3, -0.25) is 14.9 Å². The van der Waals surface area contributed by atoms with E-state index in [2.05, 4.69) is 5.32 Å². The highest BCUT2D eigenvalue weighted by Crippen LogP contribution is 2.36. The third-order valence-corrected chi connectivity index (χ3v) is 4.97. The minimum absolute atomic E-state index is 0.0516. The monoisotopic (exact) mass is 436 g/mol. The Morgan fingerprint density at radius 2 is 1.81 bits per heavy atom. The fourth-order valence-electron chi connectivity index (χ4n) is 3.29. The third-order valence-electron chi connectivity index (χ3n) is 4.74. The standard InChI is InChI=1S/C22H13ClN2O6/c23-13-3-1-2-12(8-13)17-7-5-15(31-17)10-16-20(26)24-22(28)25(21(16)27)14-4-6-18-19(9-14)30-11-29-18/h1-10H,11H2,(H,24,26,28)/b16-10-. The van der Waals surface area contributed by atoms with Gasteiger partial charge in [0.1, 0.15) is 17.1 Å². The largest absolute Gasteiger partial charge is 0.457 e. The Balaban J connectivity index is 1.47. The fraction of sp³-hybridized carbons (Fsp3) is 0.0455. The van der Waals surface area contributed by atoms with Crippen LogP contribution >= 0.6 is 11.6 Å². The molecule has 8 nitrogen and oxygen atoms in total. The minimum Gasteiger partial charge on any atom is -0.457 e. The summed E-state index contributed by atoms with van der Waals surface area (Å²) in [7, 11) is 0. The van der Waals surface area contributed by atoms with Gasteiger partial charge in [0.05, 0.1) is 5.69 Å². The van der Waals surface area contributed by atoms with Gasteiger partial charge >= 0.3 is 6.03 Å². The van der Waals surface area contributed by atoms with Crippen molar-refractivity contribution in [2.45, 2.75) is 0 Å². The number of anilines is 1. The molecule has 0 atom stereocenters. The van der Waals surface area contributed by atoms with Gasteiger partial charge in [0.15, 0.2) is 11.5 Å². The van der Waals surface area contributed by atoms with E-state index in [1.54, 1.807) is 36.4 Å². The molecule has 3 heterocycles. The summed E-state index contributed by atoms with van der Waals surface area (Å²) >= 11 is 6.01. The van der Waals surface area contributed by atoms with Gasteiger partial charge in [-0.25, -0.2) is 9.69 Å². The van der Waals surface area contributed by atoms with Crippen LogP contribution in [0.3, 0.4) is 0 Å². The lowest BCUT2D eigenvalue weighted by atomic mass is 10.1. The molecule has 4 amide bonds. The number of halogens is 1. The number of carbonyl (C=O) groups is 3. The van der Waals surface area contributed by atoms with Crippen molar-refractivity contribution in [3.63, 3.8) is 0 Å². The Morgan fingerprint density at radius 3 is 2.65 bits per heavy atom. The van der Waals surface area contributed by atoms with Gasteiger partial charge in [0.25, 0.3) is 11.8 Å². The van der Waals surface area contributed by atoms with E-state index in [4.69, 9.17) is 25.5 Å². The van der Waals surface area contributed by atoms with Crippen LogP contribution in [0.2, 0.25) is 5.02 Å². The number of rotatable bonds is 3. The van der Waals surface area contributed by atoms with Crippen LogP contribution in [0.25, 0.3) is 17.4 Å². The Labute approximate surface area is 180 Å². The smallest absolute Gasteiger partial charge is 0.335 e. The number of hydrogen-bond acceptors (Lipinski definition) is 6. The van der Waals surface area contributed by atoms with Crippen LogP contribution < -0.4 is 19.7 Å². The van der Waals surface area contributed by atoms with Crippen LogP contribution in [-0.2, 0) is 9.59 Å². The van der Waals surface area contributed by atoms with Gasteiger partial charge < -0.3 is 13.9 Å². The van der Waals surface area contributed by atoms with Gasteiger partial charge in [0.2, 0.25) is 6.79 Å². The second-order valence-electron chi connectivity index (χ2n) is 6.71. The van der Waals surface area contributed by atoms with Crippen molar-refractivity contribution in [2.75, 3.05) is 11.7 Å². The molecule has 2 aliphatic rings. The third kappa shape index (κ3) is 3.43. The van der Waals surface area contributed by atoms with E-state index < -0.39 is 17.8 Å². The molecule has 1 N–H and O–H groups in total. The molecule has 1 saturated heterocycles. The average molecular weight is 437 g/mol. The number of benzene rings is 2. The van der Waals surface area contributed by atoms with E-state index in [-0.39, 0.29) is 23.8 Å². The maximum Gasteiger partial charge on any atom is 0.335 e. The normalized spacial score (nSPS) is 16.7. The zero-order valence-electron chi connectivity index (χ0n) is 15.8. The summed E-state index contributed by atoms with van der Waals surface area (Å²) < 4.78 is 16.3. The van der Waals surface area contributed by atoms with Crippen molar-refractivity contribution in [3.8, 4) is 22.8 Å². The van der Waals surface area contributed by atoms with Crippen LogP contribution in [-0.4, -0.2) is 24.6 Å². The minimum atomic E-state index is -0.856. The molecule has 2 aromatic carbocycles. The fourth-order valence-corrected chi connectivity index (χ4v) is 3.48. The number of imide groups is 2. The van der Waals surface area contributed by atoms with E-state index in [1.165, 1.54) is 18.2 Å². The van der Waals surface area contributed by atoms with Gasteiger partial charge in [-0.05, 0) is 42.5 Å². The number of hydrogen-bond donors (Lipinski definition) is 1. The van der Waals surface area contributed by atoms with Crippen LogP contribution in [0.1, 0.15) is 5.76 Å². The average Bonchev–Trinajstić information content (AvgIpc) is 3.40. The molecule has 0 unspecified atom stereocenters. The summed E-state index contributed by atoms with van der Waals surface area (Å²) in [5.41, 5.74) is 0.738. The molecule has 3 aromatic rings. The molecule has 0 saturated carbocycles. The van der Waals surface area contributed by atoms with E-state index in [9.17, 15) is 14.4 Å². The van der Waals surface area contributed by atoms with Crippen LogP contribution in [0.5, 0.6) is 11.5 Å². The number of carbonyl (C=O) groups excluding carboxylic acids is 3. The predicted octanol–water partition coefficient (Wildman–Crippen LogP) is 4.00. The zero-order valence-corrected chi connectivity index (χ0v) is 16.5. The molecule has 2 aliphatic heterocycles. The number of furan rings is 1. The van der Waals surface area contributed by atoms with Crippen LogP contribution in [0.4, 0.5) is 10.5 Å². The number of urea groups is 1. The van der Waals surface area contributed by atoms with Crippen LogP contribution in [0.15, 0.2) is 64.6 Å². The lowest BCUT2D eigenvalue weighted by molar-refractivity contribution is -0.122. The Morgan fingerprint density at radius 1 is 0.968 bits per heavy atom. The summed E-state index contributed by atoms with van der Waals surface area (Å²) in [6.07, 6.45) is 1.29. The second-order valence-corrected chi connectivity index (χ2v) is 7.14. The molecule has 0 aliphatic carbocycles. The predicted molar refractivity (Wildman–Crippen MR) is 111 cm³/mol. The van der Waals surface area contributed by atoms with Crippen LogP contribution in [0, 0.1) is 0 Å². The van der Waals surface area contributed by atoms with Crippen molar-refractivity contribution in [2.24, 2.45) is 0 Å². The van der Waals surface area contributed by atoms with Crippen molar-refractivity contribution in [1.29, 1.82) is 0 Å². The number of amides is 4. The molecule has 1 fully saturated rings. The molecule has 154 valence electrons. The summed E-state index contributed by atoms with van der Waals surface area (Å²) in [5.74, 6) is 0.0958. The molecular formula is C22H13ClN2O6. The first-order valence-electron chi connectivity index (χ1n) is 9.16. The Kier molecular flexibility index (Phi) is 4.48. The first-order chi connectivity index (χ1) is 15.0. The zero-order chi connectivity index (χ0) is 21.5. The second kappa shape index (κ2) is 7.33. The topological polar surface area (TPSA) is 98.1 Å². The lowest BCUT2D eigenvalue weighted by Gasteiger charge is -2.26. The molecule has 0 radical (unpaired) electrons. The first kappa shape index (κ1) is 19.0. The maximum atomic E-state index is 13.0. The summed E-state index contributed by atoms with van der Waals surface area (Å²) in [5, 5.41) is 2.72. The van der Waals surface area contributed by atoms with E-state index in [0.29, 0.717) is 22.3 Å². The quantitative estimate of drug-likeness (QED) is 0.492. The highest BCUT2D eigenvalue weighted by atomic mass is 35.5. The van der Waals surface area contributed by atoms with Gasteiger partial charge in [-0.15, -0.1) is 0 Å². The van der Waals surface area contributed by atoms with E-state index in [0.717, 1.165) is 10.5 Å². The Hall–Kier alpha value is -4.04. The number of nitrogens with zero attached hydrogens (tertiary/aromatic N) is 1. The Bertz CT molecular complexity index is 1280. The van der Waals surface area contributed by atoms with E-state index >= 15 is 0 Å². The number of ether oxygens (including phenoxy) is 2. The maximum absolute atomic E-state index is 13.0. The molecule has 31 heavy (non-hydrogen) atoms. The SMILES string of the molecule is O=C1NC(=O)N(c2ccc3c(c2)OCO3)C(=O)/C1=C\c1ccc(-c2cccc(Cl)c2)o1. The lowest BCUT2D eigenvalue weighted by Crippen LogP contribution is -2.54. The molecule has 1 aromatic heterocycles. The molecular weight excluding hydrogens is 424 g/mol. The highest BCUT2D eigenvalue weighted by molar-refractivity contribution is 6.39. The molecule has 9 heteroatoms. The van der Waals surface area contributed by atoms with Gasteiger partial charge in [-0.2, -0.15) is 0 Å². The summed E-state index contributed by atoms with van der Waals surface area (Å²) in [6, 6.07) is 14.1. The molecule has 0 spiro atoms.